The summed E-state index contributed by atoms with van der Waals surface area (Å²) in [5, 5.41) is 2.91. The van der Waals surface area contributed by atoms with Gasteiger partial charge >= 0.3 is 5.97 Å². The lowest BCUT2D eigenvalue weighted by Gasteiger charge is -2.16. The Hall–Kier alpha value is -1.88. The quantitative estimate of drug-likeness (QED) is 0.853. The molecular weight excluding hydrogens is 277 g/mol. The molecular formula is C15H16FNO2S. The van der Waals surface area contributed by atoms with E-state index >= 15 is 0 Å². The van der Waals surface area contributed by atoms with E-state index in [1.54, 1.807) is 18.2 Å². The third-order valence-electron chi connectivity index (χ3n) is 2.93. The Bertz CT molecular complexity index is 597. The van der Waals surface area contributed by atoms with Crippen LogP contribution in [0.4, 0.5) is 10.1 Å². The van der Waals surface area contributed by atoms with Crippen LogP contribution in [0.1, 0.15) is 22.7 Å². The lowest BCUT2D eigenvalue weighted by molar-refractivity contribution is -0.141. The largest absolute Gasteiger partial charge is 0.467 e. The third kappa shape index (κ3) is 3.17. The maximum absolute atomic E-state index is 13.7. The van der Waals surface area contributed by atoms with E-state index in [-0.39, 0.29) is 5.69 Å². The van der Waals surface area contributed by atoms with Gasteiger partial charge in [-0.05, 0) is 30.7 Å². The van der Waals surface area contributed by atoms with Gasteiger partial charge < -0.3 is 10.1 Å². The summed E-state index contributed by atoms with van der Waals surface area (Å²) in [5.74, 6) is -0.827. The number of ether oxygens (including phenoxy) is 1. The summed E-state index contributed by atoms with van der Waals surface area (Å²) in [5.41, 5.74) is 0.286. The molecule has 0 radical (unpaired) electrons. The number of hydrogen-bond acceptors (Lipinski definition) is 4. The average Bonchev–Trinajstić information content (AvgIpc) is 2.94. The van der Waals surface area contributed by atoms with Crippen LogP contribution in [0.3, 0.4) is 0 Å². The predicted molar refractivity (Wildman–Crippen MR) is 78.5 cm³/mol. The average molecular weight is 293 g/mol. The van der Waals surface area contributed by atoms with Crippen molar-refractivity contribution in [1.82, 2.24) is 0 Å². The third-order valence-corrected chi connectivity index (χ3v) is 4.22. The van der Waals surface area contributed by atoms with E-state index in [0.717, 1.165) is 11.3 Å². The molecule has 0 spiro atoms. The van der Waals surface area contributed by atoms with Gasteiger partial charge in [0.2, 0.25) is 0 Å². The van der Waals surface area contributed by atoms with Crippen molar-refractivity contribution >= 4 is 23.0 Å². The van der Waals surface area contributed by atoms with Gasteiger partial charge in [0, 0.05) is 9.75 Å². The fraction of sp³-hybridized carbons (Fsp3) is 0.267. The first-order chi connectivity index (χ1) is 9.65. The van der Waals surface area contributed by atoms with Crippen molar-refractivity contribution in [3.05, 3.63) is 52.0 Å². The Labute approximate surface area is 121 Å². The van der Waals surface area contributed by atoms with Crippen molar-refractivity contribution in [2.24, 2.45) is 0 Å². The number of benzene rings is 1. The van der Waals surface area contributed by atoms with Gasteiger partial charge in [-0.2, -0.15) is 0 Å². The minimum absolute atomic E-state index is 0.286. The summed E-state index contributed by atoms with van der Waals surface area (Å²) >= 11 is 1.52. The highest BCUT2D eigenvalue weighted by Gasteiger charge is 2.24. The van der Waals surface area contributed by atoms with Crippen LogP contribution in [0, 0.1) is 5.82 Å². The molecule has 0 saturated carbocycles. The summed E-state index contributed by atoms with van der Waals surface area (Å²) in [6.07, 6.45) is 0.901. The topological polar surface area (TPSA) is 38.3 Å². The Morgan fingerprint density at radius 3 is 2.70 bits per heavy atom. The molecule has 2 aromatic rings. The first-order valence-electron chi connectivity index (χ1n) is 6.33. The molecule has 0 aliphatic heterocycles. The molecule has 0 saturated heterocycles. The van der Waals surface area contributed by atoms with Crippen LogP contribution in [0.2, 0.25) is 0 Å². The van der Waals surface area contributed by atoms with E-state index in [4.69, 9.17) is 4.74 Å². The van der Waals surface area contributed by atoms with E-state index in [2.05, 4.69) is 5.32 Å². The van der Waals surface area contributed by atoms with E-state index < -0.39 is 17.8 Å². The van der Waals surface area contributed by atoms with Crippen molar-refractivity contribution in [2.45, 2.75) is 19.4 Å². The van der Waals surface area contributed by atoms with Crippen molar-refractivity contribution < 1.29 is 13.9 Å². The molecule has 2 rings (SSSR count). The molecule has 1 atom stereocenters. The van der Waals surface area contributed by atoms with Gasteiger partial charge in [-0.15, -0.1) is 11.3 Å². The number of carbonyl (C=O) groups is 1. The lowest BCUT2D eigenvalue weighted by atomic mass is 10.2. The van der Waals surface area contributed by atoms with Crippen LogP contribution in [0.15, 0.2) is 36.4 Å². The van der Waals surface area contributed by atoms with Crippen LogP contribution in [-0.2, 0) is 16.0 Å². The zero-order valence-electron chi connectivity index (χ0n) is 11.4. The molecule has 5 heteroatoms. The molecule has 1 heterocycles. The van der Waals surface area contributed by atoms with Crippen molar-refractivity contribution in [3.8, 4) is 0 Å². The van der Waals surface area contributed by atoms with Crippen LogP contribution in [0.25, 0.3) is 0 Å². The van der Waals surface area contributed by atoms with E-state index in [1.165, 1.54) is 29.4 Å². The molecule has 0 fully saturated rings. The van der Waals surface area contributed by atoms with Crippen LogP contribution >= 0.6 is 11.3 Å². The predicted octanol–water partition coefficient (Wildman–Crippen LogP) is 3.78. The summed E-state index contributed by atoms with van der Waals surface area (Å²) in [4.78, 5) is 13.9. The first-order valence-corrected chi connectivity index (χ1v) is 7.14. The number of halogens is 1. The number of anilines is 1. The maximum atomic E-state index is 13.7. The summed E-state index contributed by atoms with van der Waals surface area (Å²) in [7, 11) is 1.33. The highest BCUT2D eigenvalue weighted by atomic mass is 32.1. The number of esters is 1. The lowest BCUT2D eigenvalue weighted by Crippen LogP contribution is -2.21. The number of methoxy groups -OCH3 is 1. The number of aryl methyl sites for hydroxylation is 1. The summed E-state index contributed by atoms with van der Waals surface area (Å²) < 4.78 is 18.5. The molecule has 1 aromatic carbocycles. The highest BCUT2D eigenvalue weighted by molar-refractivity contribution is 7.12. The first kappa shape index (κ1) is 14.5. The number of hydrogen-bond donors (Lipinski definition) is 1. The molecule has 106 valence electrons. The van der Waals surface area contributed by atoms with Gasteiger partial charge in [0.05, 0.1) is 12.8 Å². The minimum atomic E-state index is -0.692. The van der Waals surface area contributed by atoms with Gasteiger partial charge in [-0.1, -0.05) is 19.1 Å². The second kappa shape index (κ2) is 6.52. The molecule has 0 amide bonds. The number of para-hydroxylation sites is 1. The second-order valence-electron chi connectivity index (χ2n) is 4.24. The Kier molecular flexibility index (Phi) is 4.74. The zero-order chi connectivity index (χ0) is 14.5. The number of thiophene rings is 1. The normalized spacial score (nSPS) is 11.9. The smallest absolute Gasteiger partial charge is 0.333 e. The summed E-state index contributed by atoms with van der Waals surface area (Å²) in [6.45, 7) is 2.05. The molecule has 1 unspecified atom stereocenters. The Morgan fingerprint density at radius 2 is 2.10 bits per heavy atom. The van der Waals surface area contributed by atoms with Gasteiger partial charge in [0.1, 0.15) is 5.82 Å². The molecule has 1 N–H and O–H groups in total. The van der Waals surface area contributed by atoms with Crippen molar-refractivity contribution in [3.63, 3.8) is 0 Å². The standard InChI is InChI=1S/C15H16FNO2S/c1-3-10-8-9-13(20-10)14(15(18)19-2)17-12-7-5-4-6-11(12)16/h4-9,14,17H,3H2,1-2H3. The Balaban J connectivity index is 2.29. The van der Waals surface area contributed by atoms with Gasteiger partial charge in [0.15, 0.2) is 6.04 Å². The van der Waals surface area contributed by atoms with Gasteiger partial charge in [0.25, 0.3) is 0 Å². The van der Waals surface area contributed by atoms with E-state index in [0.29, 0.717) is 0 Å². The molecule has 1 aromatic heterocycles. The highest BCUT2D eigenvalue weighted by Crippen LogP contribution is 2.28. The van der Waals surface area contributed by atoms with Crippen molar-refractivity contribution in [2.75, 3.05) is 12.4 Å². The second-order valence-corrected chi connectivity index (χ2v) is 5.44. The zero-order valence-corrected chi connectivity index (χ0v) is 12.2. The monoisotopic (exact) mass is 293 g/mol. The minimum Gasteiger partial charge on any atom is -0.467 e. The molecule has 0 aliphatic carbocycles. The molecule has 0 aliphatic rings. The fourth-order valence-corrected chi connectivity index (χ4v) is 2.83. The number of rotatable bonds is 5. The van der Waals surface area contributed by atoms with Gasteiger partial charge in [-0.25, -0.2) is 9.18 Å². The number of carbonyl (C=O) groups excluding carboxylic acids is 1. The molecule has 0 bridgehead atoms. The van der Waals surface area contributed by atoms with E-state index in [1.807, 2.05) is 19.1 Å². The SMILES string of the molecule is CCc1ccc(C(Nc2ccccc2F)C(=O)OC)s1. The fourth-order valence-electron chi connectivity index (χ4n) is 1.84. The molecule has 20 heavy (non-hydrogen) atoms. The molecule has 3 nitrogen and oxygen atoms in total. The van der Waals surface area contributed by atoms with Crippen molar-refractivity contribution in [1.29, 1.82) is 0 Å². The van der Waals surface area contributed by atoms with Crippen LogP contribution in [-0.4, -0.2) is 13.1 Å². The van der Waals surface area contributed by atoms with Crippen LogP contribution in [0.5, 0.6) is 0 Å². The van der Waals surface area contributed by atoms with Gasteiger partial charge in [-0.3, -0.25) is 0 Å². The maximum Gasteiger partial charge on any atom is 0.333 e. The summed E-state index contributed by atoms with van der Waals surface area (Å²) in [6, 6.07) is 9.42. The Morgan fingerprint density at radius 1 is 1.35 bits per heavy atom. The van der Waals surface area contributed by atoms with Crippen LogP contribution < -0.4 is 5.32 Å². The number of nitrogens with one attached hydrogen (secondary N) is 1. The van der Waals surface area contributed by atoms with E-state index in [9.17, 15) is 9.18 Å².